The second-order valence-electron chi connectivity index (χ2n) is 7.51. The number of ether oxygens (including phenoxy) is 4. The minimum absolute atomic E-state index is 0.131. The van der Waals surface area contributed by atoms with Crippen molar-refractivity contribution in [2.24, 2.45) is 0 Å². The lowest BCUT2D eigenvalue weighted by molar-refractivity contribution is -0.384. The van der Waals surface area contributed by atoms with E-state index in [1.54, 1.807) is 48.5 Å². The molecule has 0 N–H and O–H groups in total. The Morgan fingerprint density at radius 2 is 1.39 bits per heavy atom. The number of benzene rings is 3. The van der Waals surface area contributed by atoms with Gasteiger partial charge in [-0.05, 0) is 36.4 Å². The van der Waals surface area contributed by atoms with Crippen LogP contribution in [0.1, 0.15) is 20.7 Å². The van der Waals surface area contributed by atoms with Gasteiger partial charge in [-0.15, -0.1) is 0 Å². The van der Waals surface area contributed by atoms with Gasteiger partial charge in [0.15, 0.2) is 18.1 Å². The van der Waals surface area contributed by atoms with E-state index in [2.05, 4.69) is 0 Å². The van der Waals surface area contributed by atoms with Crippen LogP contribution in [0.3, 0.4) is 0 Å². The molecule has 0 amide bonds. The number of esters is 2. The molecule has 4 rings (SSSR count). The molecule has 0 fully saturated rings. The van der Waals surface area contributed by atoms with Crippen LogP contribution in [0.5, 0.6) is 5.75 Å². The first-order valence-electron chi connectivity index (χ1n) is 10.7. The SMILES string of the molecule is O=CC1=C[C@H](OC(=O)c2ccccc2)[C@H](OC(=O)c2ccccc2)[C@@H](Oc2ccc([N+](=O)[O-])cc2)O1. The summed E-state index contributed by atoms with van der Waals surface area (Å²) in [5, 5.41) is 10.9. The maximum absolute atomic E-state index is 12.8. The number of allylic oxidation sites excluding steroid dienone is 1. The molecule has 0 saturated heterocycles. The van der Waals surface area contributed by atoms with Gasteiger partial charge in [0.2, 0.25) is 6.10 Å². The van der Waals surface area contributed by atoms with Crippen LogP contribution < -0.4 is 4.74 Å². The van der Waals surface area contributed by atoms with Crippen LogP contribution >= 0.6 is 0 Å². The Bertz CT molecular complexity index is 1270. The van der Waals surface area contributed by atoms with Gasteiger partial charge in [0.05, 0.1) is 16.1 Å². The van der Waals surface area contributed by atoms with Gasteiger partial charge in [0.1, 0.15) is 5.75 Å². The molecule has 3 atom stereocenters. The zero-order chi connectivity index (χ0) is 25.5. The fourth-order valence-corrected chi connectivity index (χ4v) is 3.35. The van der Waals surface area contributed by atoms with Gasteiger partial charge in [0.25, 0.3) is 12.0 Å². The predicted molar refractivity (Wildman–Crippen MR) is 124 cm³/mol. The molecule has 0 unspecified atom stereocenters. The van der Waals surface area contributed by atoms with Crippen LogP contribution in [0, 0.1) is 10.1 Å². The summed E-state index contributed by atoms with van der Waals surface area (Å²) in [4.78, 5) is 47.5. The van der Waals surface area contributed by atoms with Gasteiger partial charge in [-0.25, -0.2) is 9.59 Å². The molecule has 182 valence electrons. The molecule has 0 saturated carbocycles. The minimum Gasteiger partial charge on any atom is -0.451 e. The fourth-order valence-electron chi connectivity index (χ4n) is 3.35. The van der Waals surface area contributed by atoms with E-state index in [0.717, 1.165) is 0 Å². The Balaban J connectivity index is 1.64. The topological polar surface area (TPSA) is 131 Å². The first-order valence-corrected chi connectivity index (χ1v) is 10.7. The highest BCUT2D eigenvalue weighted by Gasteiger charge is 2.42. The van der Waals surface area contributed by atoms with Crippen molar-refractivity contribution in [1.29, 1.82) is 0 Å². The number of carbonyl (C=O) groups is 3. The number of nitro groups is 1. The summed E-state index contributed by atoms with van der Waals surface area (Å²) in [6.07, 6.45) is -2.39. The lowest BCUT2D eigenvalue weighted by Gasteiger charge is -2.35. The van der Waals surface area contributed by atoms with Crippen molar-refractivity contribution in [3.63, 3.8) is 0 Å². The molecule has 0 aromatic heterocycles. The van der Waals surface area contributed by atoms with Crippen molar-refractivity contribution >= 4 is 23.9 Å². The van der Waals surface area contributed by atoms with Crippen molar-refractivity contribution in [2.45, 2.75) is 18.5 Å². The van der Waals surface area contributed by atoms with Crippen LogP contribution in [0.15, 0.2) is 96.8 Å². The summed E-state index contributed by atoms with van der Waals surface area (Å²) in [6, 6.07) is 21.3. The number of rotatable bonds is 8. The molecule has 3 aromatic carbocycles. The Morgan fingerprint density at radius 3 is 1.92 bits per heavy atom. The Labute approximate surface area is 204 Å². The molecule has 1 heterocycles. The molecule has 10 heteroatoms. The van der Waals surface area contributed by atoms with Crippen molar-refractivity contribution in [3.8, 4) is 5.75 Å². The predicted octanol–water partition coefficient (Wildman–Crippen LogP) is 3.86. The summed E-state index contributed by atoms with van der Waals surface area (Å²) in [7, 11) is 0. The van der Waals surface area contributed by atoms with E-state index < -0.39 is 35.4 Å². The van der Waals surface area contributed by atoms with Gasteiger partial charge < -0.3 is 18.9 Å². The highest BCUT2D eigenvalue weighted by Crippen LogP contribution is 2.28. The number of nitrogens with zero attached hydrogens (tertiary/aromatic N) is 1. The summed E-state index contributed by atoms with van der Waals surface area (Å²) in [5.74, 6) is -1.55. The standard InChI is InChI=1S/C26H19NO9/c28-16-21-15-22(35-24(29)17-7-3-1-4-8-17)23(36-25(30)18-9-5-2-6-10-18)26(34-21)33-20-13-11-19(12-14-20)27(31)32/h1-16,22-23,26H/t22-,23-,26-/m0/s1. The van der Waals surface area contributed by atoms with Gasteiger partial charge >= 0.3 is 11.9 Å². The van der Waals surface area contributed by atoms with E-state index in [0.29, 0.717) is 6.29 Å². The van der Waals surface area contributed by atoms with E-state index in [9.17, 15) is 24.5 Å². The van der Waals surface area contributed by atoms with Crippen molar-refractivity contribution in [3.05, 3.63) is 118 Å². The maximum Gasteiger partial charge on any atom is 0.338 e. The van der Waals surface area contributed by atoms with E-state index >= 15 is 0 Å². The largest absolute Gasteiger partial charge is 0.451 e. The summed E-state index contributed by atoms with van der Waals surface area (Å²) < 4.78 is 22.5. The summed E-state index contributed by atoms with van der Waals surface area (Å²) in [5.41, 5.74) is 0.304. The maximum atomic E-state index is 12.8. The normalized spacial score (nSPS) is 18.7. The third-order valence-electron chi connectivity index (χ3n) is 5.09. The van der Waals surface area contributed by atoms with E-state index in [-0.39, 0.29) is 28.3 Å². The van der Waals surface area contributed by atoms with Crippen molar-refractivity contribution < 1.29 is 38.3 Å². The molecule has 0 radical (unpaired) electrons. The molecule has 10 nitrogen and oxygen atoms in total. The molecule has 3 aromatic rings. The quantitative estimate of drug-likeness (QED) is 0.200. The van der Waals surface area contributed by atoms with Crippen LogP contribution in [-0.4, -0.2) is 41.6 Å². The minimum atomic E-state index is -1.42. The van der Waals surface area contributed by atoms with Gasteiger partial charge in [-0.3, -0.25) is 14.9 Å². The number of aldehydes is 1. The third kappa shape index (κ3) is 5.73. The van der Waals surface area contributed by atoms with Crippen LogP contribution in [0.25, 0.3) is 0 Å². The molecule has 36 heavy (non-hydrogen) atoms. The van der Waals surface area contributed by atoms with Gasteiger partial charge in [0, 0.05) is 18.2 Å². The number of carbonyl (C=O) groups excluding carboxylic acids is 3. The number of non-ortho nitro benzene ring substituents is 1. The third-order valence-corrected chi connectivity index (χ3v) is 5.09. The number of nitro benzene ring substituents is 1. The summed E-state index contributed by atoms with van der Waals surface area (Å²) in [6.45, 7) is 0. The fraction of sp³-hybridized carbons (Fsp3) is 0.115. The highest BCUT2D eigenvalue weighted by molar-refractivity contribution is 5.90. The first kappa shape index (κ1) is 24.1. The zero-order valence-corrected chi connectivity index (χ0v) is 18.6. The monoisotopic (exact) mass is 489 g/mol. The second-order valence-corrected chi connectivity index (χ2v) is 7.51. The van der Waals surface area contributed by atoms with Crippen molar-refractivity contribution in [2.75, 3.05) is 0 Å². The van der Waals surface area contributed by atoms with E-state index in [1.165, 1.54) is 42.5 Å². The molecular formula is C26H19NO9. The lowest BCUT2D eigenvalue weighted by atomic mass is 10.1. The molecule has 0 bridgehead atoms. The Hall–Kier alpha value is -4.99. The summed E-state index contributed by atoms with van der Waals surface area (Å²) >= 11 is 0. The first-order chi connectivity index (χ1) is 17.4. The Kier molecular flexibility index (Phi) is 7.35. The van der Waals surface area contributed by atoms with E-state index in [1.807, 2.05) is 0 Å². The van der Waals surface area contributed by atoms with Crippen LogP contribution in [0.4, 0.5) is 5.69 Å². The Morgan fingerprint density at radius 1 is 0.833 bits per heavy atom. The average molecular weight is 489 g/mol. The molecular weight excluding hydrogens is 470 g/mol. The van der Waals surface area contributed by atoms with Gasteiger partial charge in [-0.2, -0.15) is 0 Å². The lowest BCUT2D eigenvalue weighted by Crippen LogP contribution is -2.49. The van der Waals surface area contributed by atoms with Gasteiger partial charge in [-0.1, -0.05) is 36.4 Å². The van der Waals surface area contributed by atoms with Crippen LogP contribution in [-0.2, 0) is 19.0 Å². The van der Waals surface area contributed by atoms with E-state index in [4.69, 9.17) is 18.9 Å². The molecule has 0 aliphatic carbocycles. The van der Waals surface area contributed by atoms with Crippen molar-refractivity contribution in [1.82, 2.24) is 0 Å². The highest BCUT2D eigenvalue weighted by atomic mass is 16.7. The van der Waals surface area contributed by atoms with Crippen LogP contribution in [0.2, 0.25) is 0 Å². The molecule has 1 aliphatic rings. The molecule has 0 spiro atoms. The zero-order valence-electron chi connectivity index (χ0n) is 18.6. The number of hydrogen-bond donors (Lipinski definition) is 0. The average Bonchev–Trinajstić information content (AvgIpc) is 2.91. The second kappa shape index (κ2) is 11.0. The smallest absolute Gasteiger partial charge is 0.338 e. The number of hydrogen-bond acceptors (Lipinski definition) is 9. The molecule has 1 aliphatic heterocycles.